The van der Waals surface area contributed by atoms with Crippen molar-refractivity contribution in [3.8, 4) is 11.3 Å². The van der Waals surface area contributed by atoms with Crippen molar-refractivity contribution in [1.82, 2.24) is 25.0 Å². The number of likely N-dealkylation sites (tertiary alicyclic amines) is 1. The Bertz CT molecular complexity index is 986. The molecule has 1 unspecified atom stereocenters. The minimum atomic E-state index is -0.237. The number of nitrogens with one attached hydrogen (secondary N) is 1. The first-order chi connectivity index (χ1) is 14.1. The van der Waals surface area contributed by atoms with Crippen LogP contribution in [0.4, 0.5) is 0 Å². The highest BCUT2D eigenvalue weighted by atomic mass is 16.3. The fraction of sp³-hybridized carbons (Fsp3) is 0.318. The summed E-state index contributed by atoms with van der Waals surface area (Å²) in [6.45, 7) is 2.81. The number of aliphatic hydroxyl groups is 1. The average molecular weight is 391 g/mol. The Morgan fingerprint density at radius 1 is 1.21 bits per heavy atom. The van der Waals surface area contributed by atoms with E-state index in [9.17, 15) is 9.90 Å². The lowest BCUT2D eigenvalue weighted by Crippen LogP contribution is -2.25. The van der Waals surface area contributed by atoms with Gasteiger partial charge in [-0.2, -0.15) is 5.10 Å². The molecule has 1 aliphatic rings. The van der Waals surface area contributed by atoms with Crippen molar-refractivity contribution < 1.29 is 9.90 Å². The maximum absolute atomic E-state index is 12.9. The summed E-state index contributed by atoms with van der Waals surface area (Å²) in [7, 11) is 1.81. The van der Waals surface area contributed by atoms with Gasteiger partial charge in [-0.15, -0.1) is 0 Å². The largest absolute Gasteiger partial charge is 0.392 e. The van der Waals surface area contributed by atoms with E-state index in [1.807, 2.05) is 30.3 Å². The van der Waals surface area contributed by atoms with Crippen molar-refractivity contribution in [2.45, 2.75) is 25.6 Å². The maximum atomic E-state index is 12.9. The molecule has 7 heteroatoms. The standard InChI is InChI=1S/C22H25N5O2/c1-26-15-20(21(25-26)16-6-9-23-10-7-16)22(29)24-12-17-4-2-3-5-18(17)13-27-11-8-19(28)14-27/h2-7,9-10,15,19,28H,8,11-14H2,1H3,(H,24,29). The lowest BCUT2D eigenvalue weighted by Gasteiger charge is -2.18. The molecule has 2 aromatic heterocycles. The maximum Gasteiger partial charge on any atom is 0.255 e. The van der Waals surface area contributed by atoms with Gasteiger partial charge in [0.15, 0.2) is 0 Å². The van der Waals surface area contributed by atoms with Gasteiger partial charge in [0.25, 0.3) is 5.91 Å². The topological polar surface area (TPSA) is 83.3 Å². The minimum Gasteiger partial charge on any atom is -0.392 e. The summed E-state index contributed by atoms with van der Waals surface area (Å²) in [6, 6.07) is 11.8. The van der Waals surface area contributed by atoms with Gasteiger partial charge >= 0.3 is 0 Å². The van der Waals surface area contributed by atoms with Crippen molar-refractivity contribution in [2.24, 2.45) is 7.05 Å². The molecule has 1 saturated heterocycles. The van der Waals surface area contributed by atoms with Gasteiger partial charge in [0.2, 0.25) is 0 Å². The predicted octanol–water partition coefficient (Wildman–Crippen LogP) is 1.98. The molecule has 1 amide bonds. The Labute approximate surface area is 170 Å². The quantitative estimate of drug-likeness (QED) is 0.671. The van der Waals surface area contributed by atoms with Crippen molar-refractivity contribution in [3.63, 3.8) is 0 Å². The molecule has 1 fully saturated rings. The van der Waals surface area contributed by atoms with E-state index in [1.165, 1.54) is 5.56 Å². The van der Waals surface area contributed by atoms with E-state index in [0.29, 0.717) is 24.3 Å². The number of aryl methyl sites for hydroxylation is 1. The number of pyridine rings is 1. The number of amides is 1. The Morgan fingerprint density at radius 2 is 1.97 bits per heavy atom. The monoisotopic (exact) mass is 391 g/mol. The van der Waals surface area contributed by atoms with Crippen LogP contribution in [0.1, 0.15) is 27.9 Å². The van der Waals surface area contributed by atoms with Gasteiger partial charge < -0.3 is 10.4 Å². The van der Waals surface area contributed by atoms with Gasteiger partial charge in [0.05, 0.1) is 11.7 Å². The van der Waals surface area contributed by atoms with Crippen LogP contribution in [0, 0.1) is 0 Å². The first-order valence-corrected chi connectivity index (χ1v) is 9.79. The molecule has 0 saturated carbocycles. The Hall–Kier alpha value is -3.03. The number of carbonyl (C=O) groups excluding carboxylic acids is 1. The second-order valence-corrected chi connectivity index (χ2v) is 7.43. The van der Waals surface area contributed by atoms with E-state index in [2.05, 4.69) is 26.4 Å². The van der Waals surface area contributed by atoms with Gasteiger partial charge in [-0.3, -0.25) is 19.4 Å². The summed E-state index contributed by atoms with van der Waals surface area (Å²) < 4.78 is 1.65. The van der Waals surface area contributed by atoms with Crippen LogP contribution in [0.3, 0.4) is 0 Å². The third-order valence-electron chi connectivity index (χ3n) is 5.23. The number of hydrogen-bond acceptors (Lipinski definition) is 5. The number of aromatic nitrogens is 3. The zero-order valence-electron chi connectivity index (χ0n) is 16.5. The molecule has 7 nitrogen and oxygen atoms in total. The minimum absolute atomic E-state index is 0.156. The molecule has 1 aromatic carbocycles. The molecule has 150 valence electrons. The van der Waals surface area contributed by atoms with Crippen LogP contribution in [0.2, 0.25) is 0 Å². The van der Waals surface area contributed by atoms with E-state index in [4.69, 9.17) is 0 Å². The molecule has 29 heavy (non-hydrogen) atoms. The highest BCUT2D eigenvalue weighted by molar-refractivity contribution is 5.99. The molecule has 1 aliphatic heterocycles. The molecule has 3 heterocycles. The molecule has 0 bridgehead atoms. The second-order valence-electron chi connectivity index (χ2n) is 7.43. The van der Waals surface area contributed by atoms with Crippen LogP contribution in [0.5, 0.6) is 0 Å². The zero-order chi connectivity index (χ0) is 20.2. The van der Waals surface area contributed by atoms with Crippen LogP contribution < -0.4 is 5.32 Å². The fourth-order valence-electron chi connectivity index (χ4n) is 3.73. The molecule has 0 radical (unpaired) electrons. The summed E-state index contributed by atoms with van der Waals surface area (Å²) in [5.74, 6) is -0.156. The van der Waals surface area contributed by atoms with E-state index in [1.54, 1.807) is 30.3 Å². The Balaban J connectivity index is 1.47. The highest BCUT2D eigenvalue weighted by Crippen LogP contribution is 2.21. The van der Waals surface area contributed by atoms with E-state index in [-0.39, 0.29) is 12.0 Å². The zero-order valence-corrected chi connectivity index (χ0v) is 16.5. The van der Waals surface area contributed by atoms with Crippen molar-refractivity contribution in [3.05, 3.63) is 71.7 Å². The molecule has 1 atom stereocenters. The number of hydrogen-bond donors (Lipinski definition) is 2. The van der Waals surface area contributed by atoms with Crippen LogP contribution in [0.25, 0.3) is 11.3 Å². The van der Waals surface area contributed by atoms with Gasteiger partial charge in [-0.05, 0) is 29.7 Å². The van der Waals surface area contributed by atoms with Crippen molar-refractivity contribution >= 4 is 5.91 Å². The van der Waals surface area contributed by atoms with Gasteiger partial charge in [-0.25, -0.2) is 0 Å². The summed E-state index contributed by atoms with van der Waals surface area (Å²) in [5, 5.41) is 17.2. The number of benzene rings is 1. The summed E-state index contributed by atoms with van der Waals surface area (Å²) in [6.07, 6.45) is 5.70. The average Bonchev–Trinajstić information content (AvgIpc) is 3.33. The highest BCUT2D eigenvalue weighted by Gasteiger charge is 2.21. The smallest absolute Gasteiger partial charge is 0.255 e. The van der Waals surface area contributed by atoms with Crippen LogP contribution in [-0.4, -0.2) is 49.9 Å². The van der Waals surface area contributed by atoms with Gasteiger partial charge in [-0.1, -0.05) is 24.3 Å². The molecule has 0 spiro atoms. The van der Waals surface area contributed by atoms with E-state index >= 15 is 0 Å². The molecule has 3 aromatic rings. The summed E-state index contributed by atoms with van der Waals surface area (Å²) in [4.78, 5) is 19.2. The van der Waals surface area contributed by atoms with Crippen molar-refractivity contribution in [2.75, 3.05) is 13.1 Å². The van der Waals surface area contributed by atoms with Crippen LogP contribution in [-0.2, 0) is 20.1 Å². The van der Waals surface area contributed by atoms with Crippen LogP contribution in [0.15, 0.2) is 55.0 Å². The van der Waals surface area contributed by atoms with E-state index < -0.39 is 0 Å². The van der Waals surface area contributed by atoms with Gasteiger partial charge in [0, 0.05) is 57.4 Å². The van der Waals surface area contributed by atoms with E-state index in [0.717, 1.165) is 30.6 Å². The lowest BCUT2D eigenvalue weighted by atomic mass is 10.1. The predicted molar refractivity (Wildman–Crippen MR) is 110 cm³/mol. The Morgan fingerprint density at radius 3 is 2.69 bits per heavy atom. The fourth-order valence-corrected chi connectivity index (χ4v) is 3.73. The number of nitrogens with zero attached hydrogens (tertiary/aromatic N) is 4. The molecular weight excluding hydrogens is 366 g/mol. The van der Waals surface area contributed by atoms with Crippen molar-refractivity contribution in [1.29, 1.82) is 0 Å². The number of β-amino-alcohol motifs (C(OH)–C–C–N with tert-alkyl or cyclic N) is 1. The lowest BCUT2D eigenvalue weighted by molar-refractivity contribution is 0.0951. The third kappa shape index (κ3) is 4.52. The number of rotatable bonds is 6. The molecular formula is C22H25N5O2. The SMILES string of the molecule is Cn1cc(C(=O)NCc2ccccc2CN2CCC(O)C2)c(-c2ccncc2)n1. The first kappa shape index (κ1) is 19.3. The molecule has 2 N–H and O–H groups in total. The summed E-state index contributed by atoms with van der Waals surface area (Å²) >= 11 is 0. The second kappa shape index (κ2) is 8.55. The normalized spacial score (nSPS) is 16.8. The molecule has 4 rings (SSSR count). The Kier molecular flexibility index (Phi) is 5.69. The molecule has 0 aliphatic carbocycles. The number of carbonyl (C=O) groups is 1. The van der Waals surface area contributed by atoms with Crippen LogP contribution >= 0.6 is 0 Å². The first-order valence-electron chi connectivity index (χ1n) is 9.79. The third-order valence-corrected chi connectivity index (χ3v) is 5.23. The summed E-state index contributed by atoms with van der Waals surface area (Å²) in [5.41, 5.74) is 4.29. The number of aliphatic hydroxyl groups excluding tert-OH is 1. The van der Waals surface area contributed by atoms with Gasteiger partial charge in [0.1, 0.15) is 5.69 Å².